The van der Waals surface area contributed by atoms with E-state index in [4.69, 9.17) is 8.94 Å². The molecule has 3 heterocycles. The molecule has 0 spiro atoms. The van der Waals surface area contributed by atoms with Crippen molar-refractivity contribution in [1.82, 2.24) is 19.9 Å². The Morgan fingerprint density at radius 3 is 2.62 bits per heavy atom. The Labute approximate surface area is 155 Å². The Bertz CT molecular complexity index is 1000. The fourth-order valence-corrected chi connectivity index (χ4v) is 3.56. The zero-order valence-electron chi connectivity index (χ0n) is 14.5. The molecule has 1 aromatic carbocycles. The van der Waals surface area contributed by atoms with Gasteiger partial charge in [-0.2, -0.15) is 0 Å². The highest BCUT2D eigenvalue weighted by Gasteiger charge is 2.18. The van der Waals surface area contributed by atoms with E-state index in [0.717, 1.165) is 33.8 Å². The van der Waals surface area contributed by atoms with Crippen molar-refractivity contribution in [2.24, 2.45) is 0 Å². The Morgan fingerprint density at radius 2 is 1.92 bits per heavy atom. The van der Waals surface area contributed by atoms with Crippen LogP contribution in [-0.4, -0.2) is 19.9 Å². The number of nitrogens with zero attached hydrogens (tertiary/aromatic N) is 4. The molecule has 0 amide bonds. The van der Waals surface area contributed by atoms with Crippen molar-refractivity contribution in [3.05, 3.63) is 71.5 Å². The predicted octanol–water partition coefficient (Wildman–Crippen LogP) is 4.48. The summed E-state index contributed by atoms with van der Waals surface area (Å²) >= 11 is 1.59. The first-order valence-corrected chi connectivity index (χ1v) is 9.26. The van der Waals surface area contributed by atoms with Crippen LogP contribution in [0.2, 0.25) is 0 Å². The molecule has 0 saturated carbocycles. The van der Waals surface area contributed by atoms with Gasteiger partial charge in [0, 0.05) is 11.8 Å². The lowest BCUT2D eigenvalue weighted by atomic mass is 10.2. The molecule has 0 saturated heterocycles. The minimum Gasteiger partial charge on any atom is -0.469 e. The Balaban J connectivity index is 1.66. The topological polar surface area (TPSA) is 69.9 Å². The molecule has 0 fully saturated rings. The van der Waals surface area contributed by atoms with Crippen molar-refractivity contribution in [2.45, 2.75) is 31.3 Å². The van der Waals surface area contributed by atoms with Gasteiger partial charge in [0.15, 0.2) is 11.0 Å². The monoisotopic (exact) mass is 366 g/mol. The van der Waals surface area contributed by atoms with Crippen LogP contribution in [0.25, 0.3) is 11.4 Å². The maximum atomic E-state index is 5.46. The van der Waals surface area contributed by atoms with E-state index in [-0.39, 0.29) is 0 Å². The number of rotatable bonds is 6. The van der Waals surface area contributed by atoms with Crippen molar-refractivity contribution < 1.29 is 8.94 Å². The maximum absolute atomic E-state index is 5.46. The molecule has 4 aromatic rings. The number of furan rings is 1. The van der Waals surface area contributed by atoms with E-state index in [1.165, 1.54) is 5.56 Å². The summed E-state index contributed by atoms with van der Waals surface area (Å²) in [6, 6.07) is 14.1. The van der Waals surface area contributed by atoms with Gasteiger partial charge >= 0.3 is 0 Å². The summed E-state index contributed by atoms with van der Waals surface area (Å²) in [7, 11) is 0. The van der Waals surface area contributed by atoms with Crippen molar-refractivity contribution in [3.63, 3.8) is 0 Å². The molecule has 6 nitrogen and oxygen atoms in total. The van der Waals surface area contributed by atoms with Gasteiger partial charge in [0.1, 0.15) is 11.5 Å². The van der Waals surface area contributed by atoms with Crippen LogP contribution < -0.4 is 0 Å². The molecule has 0 bridgehead atoms. The van der Waals surface area contributed by atoms with Crippen LogP contribution in [0.5, 0.6) is 0 Å². The molecule has 0 aliphatic heterocycles. The Hall–Kier alpha value is -2.80. The van der Waals surface area contributed by atoms with Crippen LogP contribution in [0, 0.1) is 13.8 Å². The van der Waals surface area contributed by atoms with Crippen LogP contribution in [0.1, 0.15) is 22.8 Å². The summed E-state index contributed by atoms with van der Waals surface area (Å²) in [6.07, 6.45) is 1.68. The van der Waals surface area contributed by atoms with Gasteiger partial charge in [-0.15, -0.1) is 10.2 Å². The molecule has 7 heteroatoms. The lowest BCUT2D eigenvalue weighted by molar-refractivity contribution is 0.393. The molecule has 3 aromatic heterocycles. The van der Waals surface area contributed by atoms with E-state index in [1.807, 2.05) is 44.2 Å². The molecule has 26 heavy (non-hydrogen) atoms. The van der Waals surface area contributed by atoms with Crippen LogP contribution in [0.4, 0.5) is 0 Å². The highest BCUT2D eigenvalue weighted by Crippen LogP contribution is 2.29. The maximum Gasteiger partial charge on any atom is 0.192 e. The summed E-state index contributed by atoms with van der Waals surface area (Å²) < 4.78 is 12.7. The summed E-state index contributed by atoms with van der Waals surface area (Å²) in [5.41, 5.74) is 3.04. The molecule has 0 aliphatic carbocycles. The highest BCUT2D eigenvalue weighted by atomic mass is 32.2. The van der Waals surface area contributed by atoms with Gasteiger partial charge in [0.2, 0.25) is 0 Å². The number of benzene rings is 1. The van der Waals surface area contributed by atoms with Gasteiger partial charge in [-0.05, 0) is 25.5 Å². The third-order valence-corrected chi connectivity index (χ3v) is 5.03. The largest absolute Gasteiger partial charge is 0.469 e. The van der Waals surface area contributed by atoms with Crippen LogP contribution in [0.3, 0.4) is 0 Å². The van der Waals surface area contributed by atoms with Crippen LogP contribution >= 0.6 is 11.8 Å². The zero-order chi connectivity index (χ0) is 17.9. The van der Waals surface area contributed by atoms with Crippen LogP contribution in [-0.2, 0) is 12.3 Å². The first kappa shape index (κ1) is 16.7. The summed E-state index contributed by atoms with van der Waals surface area (Å²) in [6.45, 7) is 4.51. The second-order valence-electron chi connectivity index (χ2n) is 5.99. The number of thioether (sulfide) groups is 1. The van der Waals surface area contributed by atoms with E-state index < -0.39 is 0 Å². The number of hydrogen-bond donors (Lipinski definition) is 0. The fourth-order valence-electron chi connectivity index (χ4n) is 2.74. The van der Waals surface area contributed by atoms with Crippen molar-refractivity contribution in [3.8, 4) is 11.4 Å². The van der Waals surface area contributed by atoms with Gasteiger partial charge in [-0.25, -0.2) is 0 Å². The highest BCUT2D eigenvalue weighted by molar-refractivity contribution is 7.98. The van der Waals surface area contributed by atoms with E-state index in [2.05, 4.69) is 32.1 Å². The van der Waals surface area contributed by atoms with Crippen molar-refractivity contribution in [2.75, 3.05) is 0 Å². The summed E-state index contributed by atoms with van der Waals surface area (Å²) in [4.78, 5) is 0. The predicted molar refractivity (Wildman–Crippen MR) is 98.8 cm³/mol. The van der Waals surface area contributed by atoms with Gasteiger partial charge in [0.05, 0.1) is 24.1 Å². The third kappa shape index (κ3) is 3.43. The van der Waals surface area contributed by atoms with E-state index in [9.17, 15) is 0 Å². The standard InChI is InChI=1S/C19H18N4O2S/c1-13-10-16(22-25-13)12-26-19-21-20-18(17-8-9-24-14(17)2)23(19)11-15-6-4-3-5-7-15/h3-10H,11-12H2,1-2H3. The lowest BCUT2D eigenvalue weighted by Gasteiger charge is -2.09. The first-order chi connectivity index (χ1) is 12.7. The molecule has 0 N–H and O–H groups in total. The van der Waals surface area contributed by atoms with Gasteiger partial charge < -0.3 is 8.94 Å². The molecule has 4 rings (SSSR count). The SMILES string of the molecule is Cc1cc(CSc2nnc(-c3ccoc3C)n2Cc2ccccc2)no1. The normalized spacial score (nSPS) is 11.2. The average Bonchev–Trinajstić information content (AvgIpc) is 3.35. The summed E-state index contributed by atoms with van der Waals surface area (Å²) in [5.74, 6) is 3.12. The van der Waals surface area contributed by atoms with E-state index >= 15 is 0 Å². The minimum absolute atomic E-state index is 0.675. The van der Waals surface area contributed by atoms with Gasteiger partial charge in [-0.1, -0.05) is 47.3 Å². The average molecular weight is 366 g/mol. The number of aromatic nitrogens is 4. The molecule has 0 aliphatic rings. The number of aryl methyl sites for hydroxylation is 2. The molecular formula is C19H18N4O2S. The fraction of sp³-hybridized carbons (Fsp3) is 0.211. The quantitative estimate of drug-likeness (QED) is 0.469. The second kappa shape index (κ2) is 7.21. The van der Waals surface area contributed by atoms with E-state index in [1.54, 1.807) is 18.0 Å². The van der Waals surface area contributed by atoms with Crippen LogP contribution in [0.15, 0.2) is 62.8 Å². The molecule has 132 valence electrons. The van der Waals surface area contributed by atoms with E-state index in [0.29, 0.717) is 12.3 Å². The summed E-state index contributed by atoms with van der Waals surface area (Å²) in [5, 5.41) is 13.7. The molecule has 0 radical (unpaired) electrons. The Kier molecular flexibility index (Phi) is 4.62. The third-order valence-electron chi connectivity index (χ3n) is 4.03. The molecule has 0 atom stereocenters. The first-order valence-electron chi connectivity index (χ1n) is 8.27. The molecule has 0 unspecified atom stereocenters. The van der Waals surface area contributed by atoms with Crippen molar-refractivity contribution in [1.29, 1.82) is 0 Å². The van der Waals surface area contributed by atoms with Gasteiger partial charge in [-0.3, -0.25) is 4.57 Å². The zero-order valence-corrected chi connectivity index (χ0v) is 15.4. The smallest absolute Gasteiger partial charge is 0.192 e. The number of hydrogen-bond acceptors (Lipinski definition) is 6. The second-order valence-corrected chi connectivity index (χ2v) is 6.93. The Morgan fingerprint density at radius 1 is 1.08 bits per heavy atom. The van der Waals surface area contributed by atoms with Gasteiger partial charge in [0.25, 0.3) is 0 Å². The minimum atomic E-state index is 0.675. The molecular weight excluding hydrogens is 348 g/mol. The van der Waals surface area contributed by atoms with Crippen molar-refractivity contribution >= 4 is 11.8 Å². The lowest BCUT2D eigenvalue weighted by Crippen LogP contribution is -2.04.